The number of carbonyl (C=O) groups is 20. The molecule has 140 heavy (non-hydrogen) atoms. The molecule has 0 unspecified atom stereocenters. The van der Waals surface area contributed by atoms with Crippen molar-refractivity contribution in [2.75, 3.05) is 0 Å². The molecule has 0 saturated carbocycles. The van der Waals surface area contributed by atoms with Gasteiger partial charge in [-0.2, -0.15) is 263 Å². The van der Waals surface area contributed by atoms with Crippen LogP contribution in [0, 0.1) is 0 Å². The Morgan fingerprint density at radius 2 is 0.0786 bits per heavy atom. The third-order valence-corrected chi connectivity index (χ3v) is 7.98. The molecule has 840 valence electrons. The highest BCUT2D eigenvalue weighted by Gasteiger charge is 2.44. The number of Topliss-reactive ketones (excluding diaryl/α,β-unsaturated/α-hetero) is 20. The van der Waals surface area contributed by atoms with Gasteiger partial charge in [0.25, 0.3) is 0 Å². The largest absolute Gasteiger partial charge is 0.449 e. The Kier molecular flexibility index (Phi) is 92.2. The van der Waals surface area contributed by atoms with Crippen molar-refractivity contribution in [2.24, 2.45) is 0 Å². The average molecular weight is 2240 g/mol. The Hall–Kier alpha value is -10.8. The van der Waals surface area contributed by atoms with Crippen LogP contribution in [0.1, 0.15) is 138 Å². The van der Waals surface area contributed by atoms with Gasteiger partial charge in [0.1, 0.15) is 0 Å². The van der Waals surface area contributed by atoms with E-state index < -0.39 is 239 Å². The van der Waals surface area contributed by atoms with Gasteiger partial charge in [0, 0.05) is 138 Å². The highest BCUT2D eigenvalue weighted by molar-refractivity contribution is 5.87. The first-order chi connectivity index (χ1) is 58.9. The summed E-state index contributed by atoms with van der Waals surface area (Å²) in [6, 6.07) is 0. The van der Waals surface area contributed by atoms with Gasteiger partial charge in [-0.1, -0.05) is 0 Å². The molecule has 0 amide bonds. The standard InChI is InChI=1S/20C3H3F3O/c20*1-2(7)3(4,5)6/h20*1H3. The van der Waals surface area contributed by atoms with Crippen molar-refractivity contribution >= 4 is 116 Å². The van der Waals surface area contributed by atoms with Crippen LogP contribution in [0.15, 0.2) is 0 Å². The molecule has 0 aliphatic heterocycles. The number of hydrogen-bond acceptors (Lipinski definition) is 20. The summed E-state index contributed by atoms with van der Waals surface area (Å²) in [7, 11) is 0. The number of halogens is 60. The zero-order valence-electron chi connectivity index (χ0n) is 70.8. The Morgan fingerprint density at radius 3 is 0.0786 bits per heavy atom. The van der Waals surface area contributed by atoms with E-state index in [0.29, 0.717) is 138 Å². The Bertz CT molecular complexity index is 2690. The lowest BCUT2D eigenvalue weighted by Crippen LogP contribution is -2.18. The normalized spacial score (nSPS) is 11.4. The Labute approximate surface area is 737 Å². The Balaban J connectivity index is -0.0000000602. The highest BCUT2D eigenvalue weighted by Crippen LogP contribution is 2.25. The lowest BCUT2D eigenvalue weighted by atomic mass is 10.5. The van der Waals surface area contributed by atoms with Gasteiger partial charge in [0.2, 0.25) is 116 Å². The molecule has 0 N–H and O–H groups in total. The van der Waals surface area contributed by atoms with Crippen LogP contribution in [0.2, 0.25) is 0 Å². The van der Waals surface area contributed by atoms with Crippen molar-refractivity contribution in [3.8, 4) is 0 Å². The summed E-state index contributed by atoms with van der Waals surface area (Å²) in [4.78, 5) is 187. The molecule has 0 aromatic carbocycles. The molecule has 0 heterocycles. The number of hydrogen-bond donors (Lipinski definition) is 0. The minimum atomic E-state index is -4.64. The highest BCUT2D eigenvalue weighted by atomic mass is 19.5. The van der Waals surface area contributed by atoms with E-state index >= 15 is 0 Å². The first kappa shape index (κ1) is 178. The summed E-state index contributed by atoms with van der Waals surface area (Å²) in [5.74, 6) is -35.1. The van der Waals surface area contributed by atoms with Gasteiger partial charge in [-0.15, -0.1) is 0 Å². The zero-order chi connectivity index (χ0) is 122. The topological polar surface area (TPSA) is 341 Å². The van der Waals surface area contributed by atoms with Crippen LogP contribution in [0.3, 0.4) is 0 Å². The predicted octanol–water partition coefficient (Wildman–Crippen LogP) is 22.8. The molecular formula is C60H60F60O20. The molecule has 0 rings (SSSR count). The average Bonchev–Trinajstić information content (AvgIpc) is 1.21. The molecule has 0 bridgehead atoms. The van der Waals surface area contributed by atoms with Crippen molar-refractivity contribution in [3.05, 3.63) is 0 Å². The number of alkyl halides is 60. The first-order valence-corrected chi connectivity index (χ1v) is 30.4. The Morgan fingerprint density at radius 1 is 0.0714 bits per heavy atom. The van der Waals surface area contributed by atoms with E-state index in [0.717, 1.165) is 0 Å². The van der Waals surface area contributed by atoms with Crippen molar-refractivity contribution in [1.82, 2.24) is 0 Å². The third-order valence-electron chi connectivity index (χ3n) is 7.98. The van der Waals surface area contributed by atoms with Crippen molar-refractivity contribution < 1.29 is 359 Å². The third kappa shape index (κ3) is 170. The van der Waals surface area contributed by atoms with E-state index in [-0.39, 0.29) is 0 Å². The molecule has 0 spiro atoms. The second-order valence-corrected chi connectivity index (χ2v) is 21.1. The zero-order valence-corrected chi connectivity index (χ0v) is 70.8. The molecule has 0 aliphatic rings. The van der Waals surface area contributed by atoms with Gasteiger partial charge in [-0.3, -0.25) is 95.9 Å². The maximum Gasteiger partial charge on any atom is 0.449 e. The summed E-state index contributed by atoms with van der Waals surface area (Å²) >= 11 is 0. The molecular weight excluding hydrogens is 2180 g/mol. The van der Waals surface area contributed by atoms with Crippen LogP contribution >= 0.6 is 0 Å². The quantitative estimate of drug-likeness (QED) is 0.203. The first-order valence-electron chi connectivity index (χ1n) is 30.4. The smallest absolute Gasteiger partial charge is 0.290 e. The summed E-state index contributed by atoms with van der Waals surface area (Å²) in [5.41, 5.74) is 0. The fraction of sp³-hybridized carbons (Fsp3) is 0.667. The lowest BCUT2D eigenvalue weighted by molar-refractivity contribution is -0.168. The lowest BCUT2D eigenvalue weighted by Gasteiger charge is -1.95. The number of carbonyl (C=O) groups excluding carboxylic acids is 20. The van der Waals surface area contributed by atoms with Crippen LogP contribution in [-0.2, 0) is 95.9 Å². The van der Waals surface area contributed by atoms with E-state index in [1.165, 1.54) is 0 Å². The van der Waals surface area contributed by atoms with Crippen molar-refractivity contribution in [3.63, 3.8) is 0 Å². The summed E-state index contributed by atoms with van der Waals surface area (Å²) in [5, 5.41) is 0. The predicted molar refractivity (Wildman–Crippen MR) is 335 cm³/mol. The van der Waals surface area contributed by atoms with Gasteiger partial charge >= 0.3 is 124 Å². The fourth-order valence-corrected chi connectivity index (χ4v) is 0. The molecule has 80 heteroatoms. The summed E-state index contributed by atoms with van der Waals surface area (Å²) in [6.07, 6.45) is -92.8. The minimum absolute atomic E-state index is 0.486. The molecule has 0 aromatic heterocycles. The molecule has 0 saturated heterocycles. The van der Waals surface area contributed by atoms with Crippen LogP contribution in [0.25, 0.3) is 0 Å². The second kappa shape index (κ2) is 72.5. The molecule has 0 atom stereocenters. The summed E-state index contributed by atoms with van der Waals surface area (Å²) in [6.45, 7) is 9.72. The molecule has 0 aromatic rings. The molecule has 0 radical (unpaired) electrons. The number of ketones is 20. The maximum atomic E-state index is 10.8. The van der Waals surface area contributed by atoms with Crippen LogP contribution in [0.4, 0.5) is 263 Å². The molecule has 0 fully saturated rings. The minimum Gasteiger partial charge on any atom is -0.290 e. The van der Waals surface area contributed by atoms with Crippen molar-refractivity contribution in [2.45, 2.75) is 262 Å². The van der Waals surface area contributed by atoms with E-state index in [1.54, 1.807) is 0 Å². The monoisotopic (exact) mass is 2240 g/mol. The van der Waals surface area contributed by atoms with Crippen LogP contribution in [0.5, 0.6) is 0 Å². The van der Waals surface area contributed by atoms with Gasteiger partial charge < -0.3 is 0 Å². The number of rotatable bonds is 0. The van der Waals surface area contributed by atoms with Gasteiger partial charge in [-0.25, -0.2) is 0 Å². The fourth-order valence-electron chi connectivity index (χ4n) is 0. The summed E-state index contributed by atoms with van der Waals surface area (Å²) < 4.78 is 650. The van der Waals surface area contributed by atoms with Crippen molar-refractivity contribution in [1.29, 1.82) is 0 Å². The van der Waals surface area contributed by atoms with Gasteiger partial charge in [0.15, 0.2) is 0 Å². The maximum absolute atomic E-state index is 10.8. The van der Waals surface area contributed by atoms with Gasteiger partial charge in [-0.05, 0) is 0 Å². The van der Waals surface area contributed by atoms with Gasteiger partial charge in [0.05, 0.1) is 0 Å². The van der Waals surface area contributed by atoms with E-state index in [1.807, 2.05) is 0 Å². The SMILES string of the molecule is CC(=O)C(F)(F)F.CC(=O)C(F)(F)F.CC(=O)C(F)(F)F.CC(=O)C(F)(F)F.CC(=O)C(F)(F)F.CC(=O)C(F)(F)F.CC(=O)C(F)(F)F.CC(=O)C(F)(F)F.CC(=O)C(F)(F)F.CC(=O)C(F)(F)F.CC(=O)C(F)(F)F.CC(=O)C(F)(F)F.CC(=O)C(F)(F)F.CC(=O)C(F)(F)F.CC(=O)C(F)(F)F.CC(=O)C(F)(F)F.CC(=O)C(F)(F)F.CC(=O)C(F)(F)F.CC(=O)C(F)(F)F.CC(=O)C(F)(F)F. The molecule has 20 nitrogen and oxygen atoms in total. The van der Waals surface area contributed by atoms with Crippen LogP contribution < -0.4 is 0 Å². The van der Waals surface area contributed by atoms with E-state index in [4.69, 9.17) is 0 Å². The van der Waals surface area contributed by atoms with E-state index in [9.17, 15) is 359 Å². The second-order valence-electron chi connectivity index (χ2n) is 21.1. The van der Waals surface area contributed by atoms with Crippen LogP contribution in [-0.4, -0.2) is 239 Å². The van der Waals surface area contributed by atoms with E-state index in [2.05, 4.69) is 0 Å². The molecule has 0 aliphatic carbocycles.